The number of hydrogen-bond donors (Lipinski definition) is 1. The van der Waals surface area contributed by atoms with E-state index in [1.54, 1.807) is 49.4 Å². The van der Waals surface area contributed by atoms with Crippen molar-refractivity contribution >= 4 is 35.0 Å². The fourth-order valence-corrected chi connectivity index (χ4v) is 4.15. The van der Waals surface area contributed by atoms with E-state index in [4.69, 9.17) is 25.8 Å². The fourth-order valence-electron chi connectivity index (χ4n) is 3.88. The number of halogens is 1. The molecule has 4 aromatic rings. The van der Waals surface area contributed by atoms with Gasteiger partial charge in [0.1, 0.15) is 30.6 Å². The minimum absolute atomic E-state index is 0.0125. The number of ether oxygens (including phenoxy) is 3. The minimum atomic E-state index is -0.601. The third-order valence-corrected chi connectivity index (χ3v) is 6.15. The van der Waals surface area contributed by atoms with E-state index in [0.717, 1.165) is 5.56 Å². The van der Waals surface area contributed by atoms with Crippen LogP contribution < -0.4 is 19.5 Å². The molecule has 10 heteroatoms. The highest BCUT2D eigenvalue weighted by Gasteiger charge is 2.16. The van der Waals surface area contributed by atoms with Crippen molar-refractivity contribution in [2.45, 2.75) is 20.1 Å². The van der Waals surface area contributed by atoms with Gasteiger partial charge in [-0.15, -0.1) is 0 Å². The predicted octanol–water partition coefficient (Wildman–Crippen LogP) is 7.35. The third-order valence-electron chi connectivity index (χ3n) is 5.87. The number of benzene rings is 4. The molecule has 1 amide bonds. The minimum Gasteiger partial charge on any atom is -0.490 e. The van der Waals surface area contributed by atoms with Crippen LogP contribution in [0.1, 0.15) is 23.6 Å². The van der Waals surface area contributed by atoms with Gasteiger partial charge in [-0.25, -0.2) is 0 Å². The van der Waals surface area contributed by atoms with Crippen LogP contribution in [0.5, 0.6) is 17.2 Å². The second kappa shape index (κ2) is 14.3. The van der Waals surface area contributed by atoms with Gasteiger partial charge in [0.25, 0.3) is 11.6 Å². The maximum atomic E-state index is 12.9. The van der Waals surface area contributed by atoms with E-state index in [-0.39, 0.29) is 28.6 Å². The highest BCUT2D eigenvalue weighted by Crippen LogP contribution is 2.38. The van der Waals surface area contributed by atoms with Crippen LogP contribution in [-0.2, 0) is 18.0 Å². The van der Waals surface area contributed by atoms with Crippen LogP contribution >= 0.6 is 11.6 Å². The first-order chi connectivity index (χ1) is 20.4. The van der Waals surface area contributed by atoms with Crippen molar-refractivity contribution in [3.05, 3.63) is 128 Å². The number of amides is 1. The Morgan fingerprint density at radius 2 is 1.67 bits per heavy atom. The molecular weight excluding hydrogens is 558 g/mol. The van der Waals surface area contributed by atoms with E-state index >= 15 is 0 Å². The van der Waals surface area contributed by atoms with Crippen LogP contribution in [-0.4, -0.2) is 17.4 Å². The van der Waals surface area contributed by atoms with Crippen LogP contribution in [0.15, 0.2) is 96.6 Å². The lowest BCUT2D eigenvalue weighted by atomic mass is 10.1. The topological polar surface area (TPSA) is 124 Å². The number of nitro benzene ring substituents is 1. The van der Waals surface area contributed by atoms with Gasteiger partial charge < -0.3 is 19.5 Å². The first-order valence-electron chi connectivity index (χ1n) is 12.9. The van der Waals surface area contributed by atoms with E-state index in [2.05, 4.69) is 5.32 Å². The maximum absolute atomic E-state index is 12.9. The van der Waals surface area contributed by atoms with Crippen molar-refractivity contribution < 1.29 is 23.9 Å². The third kappa shape index (κ3) is 8.10. The summed E-state index contributed by atoms with van der Waals surface area (Å²) in [6.07, 6.45) is 1.39. The van der Waals surface area contributed by atoms with Crippen molar-refractivity contribution in [1.82, 2.24) is 0 Å². The smallest absolute Gasteiger partial charge is 0.269 e. The van der Waals surface area contributed by atoms with Crippen LogP contribution in [0.4, 0.5) is 11.4 Å². The second-order valence-electron chi connectivity index (χ2n) is 8.90. The number of hydrogen-bond acceptors (Lipinski definition) is 7. The Bertz CT molecular complexity index is 1630. The molecular formula is C32H26ClN3O6. The number of nitro groups is 1. The molecule has 0 atom stereocenters. The summed E-state index contributed by atoms with van der Waals surface area (Å²) in [6, 6.07) is 27.7. The first kappa shape index (κ1) is 29.6. The summed E-state index contributed by atoms with van der Waals surface area (Å²) in [5.74, 6) is 0.569. The number of non-ortho nitro benzene ring substituents is 1. The second-order valence-corrected chi connectivity index (χ2v) is 9.31. The Kier molecular flexibility index (Phi) is 10.1. The molecule has 0 spiro atoms. The molecule has 0 saturated carbocycles. The molecule has 0 aromatic heterocycles. The number of nitrogens with zero attached hydrogens (tertiary/aromatic N) is 2. The molecule has 0 aliphatic heterocycles. The molecule has 0 saturated heterocycles. The molecule has 0 aliphatic rings. The Morgan fingerprint density at radius 3 is 2.36 bits per heavy atom. The zero-order valence-corrected chi connectivity index (χ0v) is 23.3. The predicted molar refractivity (Wildman–Crippen MR) is 159 cm³/mol. The van der Waals surface area contributed by atoms with E-state index in [9.17, 15) is 20.2 Å². The summed E-state index contributed by atoms with van der Waals surface area (Å²) in [7, 11) is 0. The van der Waals surface area contributed by atoms with Gasteiger partial charge in [-0.3, -0.25) is 14.9 Å². The van der Waals surface area contributed by atoms with Gasteiger partial charge in [0, 0.05) is 17.8 Å². The molecule has 212 valence electrons. The van der Waals surface area contributed by atoms with Gasteiger partial charge in [0.15, 0.2) is 11.5 Å². The number of carbonyl (C=O) groups excluding carboxylic acids is 1. The van der Waals surface area contributed by atoms with Gasteiger partial charge in [-0.1, -0.05) is 54.1 Å². The normalized spacial score (nSPS) is 10.8. The highest BCUT2D eigenvalue weighted by molar-refractivity contribution is 6.32. The summed E-state index contributed by atoms with van der Waals surface area (Å²) in [6.45, 7) is 2.51. The van der Waals surface area contributed by atoms with Crippen molar-refractivity contribution in [3.63, 3.8) is 0 Å². The Labute approximate surface area is 247 Å². The number of nitrogens with one attached hydrogen (secondary N) is 1. The maximum Gasteiger partial charge on any atom is 0.269 e. The molecule has 0 unspecified atom stereocenters. The summed E-state index contributed by atoms with van der Waals surface area (Å²) < 4.78 is 17.3. The number of carbonyl (C=O) groups is 1. The molecule has 1 N–H and O–H groups in total. The summed E-state index contributed by atoms with van der Waals surface area (Å²) >= 11 is 6.50. The lowest BCUT2D eigenvalue weighted by Gasteiger charge is -2.15. The van der Waals surface area contributed by atoms with Gasteiger partial charge in [0.05, 0.1) is 16.6 Å². The van der Waals surface area contributed by atoms with Crippen LogP contribution in [0, 0.1) is 21.4 Å². The molecule has 9 nitrogen and oxygen atoms in total. The highest BCUT2D eigenvalue weighted by atomic mass is 35.5. The molecule has 0 bridgehead atoms. The van der Waals surface area contributed by atoms with Gasteiger partial charge in [-0.2, -0.15) is 5.26 Å². The van der Waals surface area contributed by atoms with Gasteiger partial charge in [0.2, 0.25) is 0 Å². The zero-order chi connectivity index (χ0) is 29.9. The van der Waals surface area contributed by atoms with Crippen molar-refractivity contribution in [2.24, 2.45) is 0 Å². The Hall–Kier alpha value is -5.33. The molecule has 4 rings (SSSR count). The average molecular weight is 584 g/mol. The summed E-state index contributed by atoms with van der Waals surface area (Å²) in [5.41, 5.74) is 2.35. The fraction of sp³-hybridized carbons (Fsp3) is 0.125. The van der Waals surface area contributed by atoms with E-state index in [1.165, 1.54) is 24.3 Å². The van der Waals surface area contributed by atoms with Crippen LogP contribution in [0.3, 0.4) is 0 Å². The van der Waals surface area contributed by atoms with Crippen molar-refractivity contribution in [3.8, 4) is 23.3 Å². The Morgan fingerprint density at radius 1 is 0.952 bits per heavy atom. The quantitative estimate of drug-likeness (QED) is 0.0800. The van der Waals surface area contributed by atoms with Crippen molar-refractivity contribution in [1.29, 1.82) is 5.26 Å². The SMILES string of the molecule is CCOc1cc(/C=C(\C#N)C(=O)Nc2ccc(OCc3ccccc3)cc2)cc(Cl)c1OCc1cccc([N+](=O)[O-])c1. The van der Waals surface area contributed by atoms with E-state index < -0.39 is 10.8 Å². The average Bonchev–Trinajstić information content (AvgIpc) is 3.00. The molecule has 4 aromatic carbocycles. The zero-order valence-electron chi connectivity index (χ0n) is 22.6. The molecule has 42 heavy (non-hydrogen) atoms. The van der Waals surface area contributed by atoms with Crippen LogP contribution in [0.2, 0.25) is 5.02 Å². The molecule has 0 fully saturated rings. The lowest BCUT2D eigenvalue weighted by Crippen LogP contribution is -2.13. The Balaban J connectivity index is 1.45. The molecule has 0 aliphatic carbocycles. The van der Waals surface area contributed by atoms with Gasteiger partial charge in [-0.05, 0) is 66.1 Å². The van der Waals surface area contributed by atoms with Gasteiger partial charge >= 0.3 is 0 Å². The monoisotopic (exact) mass is 583 g/mol. The summed E-state index contributed by atoms with van der Waals surface area (Å²) in [5, 5.41) is 23.6. The standard InChI is InChI=1S/C32H26ClN3O6/c1-2-40-30-18-24(17-29(33)31(30)42-21-23-9-6-10-27(16-23)36(38)39)15-25(19-34)32(37)35-26-11-13-28(14-12-26)41-20-22-7-4-3-5-8-22/h3-18H,2,20-21H2,1H3,(H,35,37)/b25-15+. The van der Waals surface area contributed by atoms with Crippen molar-refractivity contribution in [2.75, 3.05) is 11.9 Å². The molecule has 0 radical (unpaired) electrons. The number of anilines is 1. The van der Waals surface area contributed by atoms with E-state index in [0.29, 0.717) is 41.5 Å². The molecule has 0 heterocycles. The number of rotatable bonds is 12. The largest absolute Gasteiger partial charge is 0.490 e. The van der Waals surface area contributed by atoms with E-state index in [1.807, 2.05) is 36.4 Å². The number of nitriles is 1. The van der Waals surface area contributed by atoms with Crippen LogP contribution in [0.25, 0.3) is 6.08 Å². The summed E-state index contributed by atoms with van der Waals surface area (Å²) in [4.78, 5) is 23.5. The lowest BCUT2D eigenvalue weighted by molar-refractivity contribution is -0.384. The first-order valence-corrected chi connectivity index (χ1v) is 13.3.